The first kappa shape index (κ1) is 39.5. The molecule has 0 spiro atoms. The molecule has 1 amide bonds. The van der Waals surface area contributed by atoms with Gasteiger partial charge in [0, 0.05) is 23.3 Å². The number of Topliss-reactive ketones (excluding diaryl/α,β-unsaturated/α-hetero) is 1. The van der Waals surface area contributed by atoms with Crippen LogP contribution in [0.25, 0.3) is 0 Å². The van der Waals surface area contributed by atoms with E-state index >= 15 is 0 Å². The lowest BCUT2D eigenvalue weighted by atomic mass is 9.33. The van der Waals surface area contributed by atoms with Crippen molar-refractivity contribution in [3.8, 4) is 0 Å². The molecular formula is C44H69NO7. The lowest BCUT2D eigenvalue weighted by molar-refractivity contribution is -0.235. The third-order valence-corrected chi connectivity index (χ3v) is 16.8. The maximum atomic E-state index is 14.0. The molecule has 5 fully saturated rings. The van der Waals surface area contributed by atoms with Crippen molar-refractivity contribution in [1.29, 1.82) is 0 Å². The van der Waals surface area contributed by atoms with Gasteiger partial charge in [-0.1, -0.05) is 73.3 Å². The van der Waals surface area contributed by atoms with E-state index in [9.17, 15) is 29.4 Å². The van der Waals surface area contributed by atoms with Crippen LogP contribution in [0.3, 0.4) is 0 Å². The molecule has 0 bridgehead atoms. The number of fused-ring (bicyclic) bond motifs is 7. The van der Waals surface area contributed by atoms with Crippen LogP contribution in [0, 0.1) is 56.2 Å². The number of ether oxygens (including phenoxy) is 1. The van der Waals surface area contributed by atoms with Crippen molar-refractivity contribution in [3.63, 3.8) is 0 Å². The minimum Gasteiger partial charge on any atom is -0.481 e. The third-order valence-electron chi connectivity index (χ3n) is 16.8. The summed E-state index contributed by atoms with van der Waals surface area (Å²) in [6.07, 6.45) is 12.1. The summed E-state index contributed by atoms with van der Waals surface area (Å²) < 4.78 is 6.16. The van der Waals surface area contributed by atoms with Crippen LogP contribution in [-0.4, -0.2) is 52.1 Å². The van der Waals surface area contributed by atoms with Crippen LogP contribution in [-0.2, 0) is 23.9 Å². The molecule has 0 unspecified atom stereocenters. The molecule has 292 valence electrons. The van der Waals surface area contributed by atoms with Crippen molar-refractivity contribution < 1.29 is 34.1 Å². The number of carboxylic acid groups (broad SMARTS) is 1. The zero-order chi connectivity index (χ0) is 38.2. The van der Waals surface area contributed by atoms with E-state index in [2.05, 4.69) is 53.8 Å². The number of carbonyl (C=O) groups is 4. The summed E-state index contributed by atoms with van der Waals surface area (Å²) in [5.74, 6) is -0.276. The maximum Gasteiger partial charge on any atom is 0.309 e. The summed E-state index contributed by atoms with van der Waals surface area (Å²) in [6.45, 7) is 19.4. The first-order valence-corrected chi connectivity index (χ1v) is 20.8. The largest absolute Gasteiger partial charge is 0.481 e. The highest BCUT2D eigenvalue weighted by Crippen LogP contribution is 2.77. The number of hydrogen-bond acceptors (Lipinski definition) is 6. The minimum absolute atomic E-state index is 0.0163. The standard InChI is InChI=1S/C44H69NO7/c1-26(2)36-29(46)24-44(32(47)23-34(48)45-27-13-11-10-12-14-27)22-21-42(8)28(37(36)44)15-16-31-41(7)19-18-33(52-35(49)25-39(3,4)38(50)51)40(5,6)30(41)17-20-43(31,42)9/h26-28,30-33,47H,10-25H2,1-9H3,(H,45,48)(H,50,51)/t28-,30+,31-,32+,33+,41+,42-,43-,44+/m1/s1. The van der Waals surface area contributed by atoms with E-state index in [1.54, 1.807) is 13.8 Å². The molecule has 8 nitrogen and oxygen atoms in total. The Morgan fingerprint density at radius 1 is 0.865 bits per heavy atom. The molecule has 6 rings (SSSR count). The van der Waals surface area contributed by atoms with Gasteiger partial charge in [0.2, 0.25) is 5.91 Å². The second kappa shape index (κ2) is 13.5. The minimum atomic E-state index is -1.17. The molecule has 0 radical (unpaired) electrons. The number of allylic oxidation sites excluding steroid dienone is 1. The first-order valence-electron chi connectivity index (χ1n) is 20.8. The maximum absolute atomic E-state index is 14.0. The molecule has 0 aliphatic heterocycles. The average molecular weight is 724 g/mol. The number of nitrogens with one attached hydrogen (secondary N) is 1. The molecule has 8 heteroatoms. The SMILES string of the molecule is CC(C)C1=C2[C@H]3CC[C@@H]4[C@@]5(C)CC[C@H](OC(=O)CC(C)(C)C(=O)O)C(C)(C)[C@@H]5CC[C@@]4(C)[C@]3(C)CC[C@@]2([C@@H](O)CC(=O)NC2CCCCC2)CC1=O. The molecule has 6 aliphatic rings. The zero-order valence-electron chi connectivity index (χ0n) is 33.8. The molecule has 0 aromatic carbocycles. The average Bonchev–Trinajstić information content (AvgIpc) is 3.36. The molecular weight excluding hydrogens is 654 g/mol. The number of rotatable bonds is 9. The topological polar surface area (TPSA) is 130 Å². The summed E-state index contributed by atoms with van der Waals surface area (Å²) in [4.78, 5) is 52.3. The van der Waals surface area contributed by atoms with Crippen molar-refractivity contribution in [1.82, 2.24) is 5.32 Å². The number of esters is 1. The Morgan fingerprint density at radius 2 is 1.54 bits per heavy atom. The monoisotopic (exact) mass is 724 g/mol. The Hall–Kier alpha value is -2.22. The van der Waals surface area contributed by atoms with Gasteiger partial charge in [-0.15, -0.1) is 0 Å². The number of ketones is 1. The van der Waals surface area contributed by atoms with Crippen molar-refractivity contribution >= 4 is 23.6 Å². The number of carbonyl (C=O) groups excluding carboxylic acids is 3. The highest BCUT2D eigenvalue weighted by Gasteiger charge is 2.71. The van der Waals surface area contributed by atoms with Crippen LogP contribution in [0.2, 0.25) is 0 Å². The van der Waals surface area contributed by atoms with Gasteiger partial charge in [0.1, 0.15) is 6.10 Å². The molecule has 0 saturated heterocycles. The number of aliphatic hydroxyl groups excluding tert-OH is 1. The van der Waals surface area contributed by atoms with E-state index < -0.39 is 28.9 Å². The second-order valence-electron chi connectivity index (χ2n) is 20.7. The fraction of sp³-hybridized carbons (Fsp3) is 0.864. The van der Waals surface area contributed by atoms with E-state index in [-0.39, 0.29) is 70.2 Å². The van der Waals surface area contributed by atoms with Crippen LogP contribution < -0.4 is 5.32 Å². The summed E-state index contributed by atoms with van der Waals surface area (Å²) in [5.41, 5.74) is 0.0221. The van der Waals surface area contributed by atoms with E-state index in [1.807, 2.05) is 0 Å². The molecule has 0 aromatic rings. The van der Waals surface area contributed by atoms with E-state index in [0.717, 1.165) is 82.6 Å². The van der Waals surface area contributed by atoms with Gasteiger partial charge in [0.25, 0.3) is 0 Å². The molecule has 0 heterocycles. The number of carboxylic acids is 1. The third kappa shape index (κ3) is 6.11. The van der Waals surface area contributed by atoms with Crippen LogP contribution in [0.5, 0.6) is 0 Å². The number of hydrogen-bond donors (Lipinski definition) is 3. The highest BCUT2D eigenvalue weighted by atomic mass is 16.5. The Balaban J connectivity index is 1.26. The summed E-state index contributed by atoms with van der Waals surface area (Å²) >= 11 is 0. The predicted molar refractivity (Wildman–Crippen MR) is 201 cm³/mol. The molecule has 9 atom stereocenters. The Morgan fingerprint density at radius 3 is 2.17 bits per heavy atom. The van der Waals surface area contributed by atoms with Crippen LogP contribution in [0.1, 0.15) is 165 Å². The lowest BCUT2D eigenvalue weighted by Gasteiger charge is -2.72. The first-order chi connectivity index (χ1) is 24.1. The quantitative estimate of drug-likeness (QED) is 0.203. The molecule has 5 saturated carbocycles. The molecule has 3 N–H and O–H groups in total. The van der Waals surface area contributed by atoms with Crippen molar-refractivity contribution in [3.05, 3.63) is 11.1 Å². The van der Waals surface area contributed by atoms with Gasteiger partial charge in [-0.05, 0) is 124 Å². The number of amides is 1. The van der Waals surface area contributed by atoms with Gasteiger partial charge >= 0.3 is 11.9 Å². The summed E-state index contributed by atoms with van der Waals surface area (Å²) in [5, 5.41) is 25.0. The molecule has 52 heavy (non-hydrogen) atoms. The fourth-order valence-corrected chi connectivity index (χ4v) is 13.8. The van der Waals surface area contributed by atoms with Gasteiger partial charge in [-0.3, -0.25) is 19.2 Å². The lowest BCUT2D eigenvalue weighted by Crippen LogP contribution is -2.66. The van der Waals surface area contributed by atoms with Crippen molar-refractivity contribution in [2.75, 3.05) is 0 Å². The van der Waals surface area contributed by atoms with E-state index in [4.69, 9.17) is 4.74 Å². The predicted octanol–water partition coefficient (Wildman–Crippen LogP) is 8.58. The normalized spacial score (nSPS) is 39.6. The Labute approximate surface area is 313 Å². The van der Waals surface area contributed by atoms with Gasteiger partial charge < -0.3 is 20.3 Å². The molecule has 6 aliphatic carbocycles. The Kier molecular flexibility index (Phi) is 10.3. The van der Waals surface area contributed by atoms with Crippen LogP contribution in [0.4, 0.5) is 0 Å². The summed E-state index contributed by atoms with van der Waals surface area (Å²) in [7, 11) is 0. The molecule has 0 aromatic heterocycles. The zero-order valence-corrected chi connectivity index (χ0v) is 33.8. The fourth-order valence-electron chi connectivity index (χ4n) is 13.8. The van der Waals surface area contributed by atoms with Crippen molar-refractivity contribution in [2.45, 2.75) is 183 Å². The number of aliphatic carboxylic acids is 1. The Bertz CT molecular complexity index is 1490. The number of aliphatic hydroxyl groups is 1. The van der Waals surface area contributed by atoms with E-state index in [1.165, 1.54) is 12.0 Å². The summed E-state index contributed by atoms with van der Waals surface area (Å²) in [6, 6.07) is 0.190. The smallest absolute Gasteiger partial charge is 0.309 e. The van der Waals surface area contributed by atoms with Crippen LogP contribution in [0.15, 0.2) is 11.1 Å². The van der Waals surface area contributed by atoms with Gasteiger partial charge in [0.15, 0.2) is 5.78 Å². The van der Waals surface area contributed by atoms with E-state index in [0.29, 0.717) is 18.3 Å². The van der Waals surface area contributed by atoms with Gasteiger partial charge in [-0.2, -0.15) is 0 Å². The van der Waals surface area contributed by atoms with Gasteiger partial charge in [-0.25, -0.2) is 0 Å². The van der Waals surface area contributed by atoms with Crippen LogP contribution >= 0.6 is 0 Å². The second-order valence-corrected chi connectivity index (χ2v) is 20.7. The highest BCUT2D eigenvalue weighted by molar-refractivity contribution is 6.01. The van der Waals surface area contributed by atoms with Crippen molar-refractivity contribution in [2.24, 2.45) is 56.2 Å². The van der Waals surface area contributed by atoms with Gasteiger partial charge in [0.05, 0.1) is 24.4 Å².